The topological polar surface area (TPSA) is 21.3 Å². The molecule has 1 aromatic rings. The third-order valence-electron chi connectivity index (χ3n) is 4.30. The van der Waals surface area contributed by atoms with E-state index in [9.17, 15) is 0 Å². The maximum Gasteiger partial charge on any atom is 0.141 e. The van der Waals surface area contributed by atoms with Crippen LogP contribution in [0.15, 0.2) is 18.2 Å². The highest BCUT2D eigenvalue weighted by Crippen LogP contribution is 2.32. The van der Waals surface area contributed by atoms with Gasteiger partial charge < -0.3 is 10.1 Å². The maximum absolute atomic E-state index is 5.53. The highest BCUT2D eigenvalue weighted by atomic mass is 16.5. The molecule has 0 spiro atoms. The molecule has 1 aromatic carbocycles. The molecule has 0 aliphatic heterocycles. The Balaban J connectivity index is 2.98. The van der Waals surface area contributed by atoms with E-state index in [-0.39, 0.29) is 5.41 Å². The number of anilines is 1. The fourth-order valence-corrected chi connectivity index (χ4v) is 2.49. The van der Waals surface area contributed by atoms with Gasteiger partial charge in [0, 0.05) is 6.04 Å². The van der Waals surface area contributed by atoms with Crippen LogP contribution in [0.25, 0.3) is 0 Å². The molecule has 120 valence electrons. The predicted octanol–water partition coefficient (Wildman–Crippen LogP) is 5.62. The molecular formula is C19H33NO. The lowest BCUT2D eigenvalue weighted by Crippen LogP contribution is -2.22. The van der Waals surface area contributed by atoms with Crippen molar-refractivity contribution in [2.45, 2.75) is 72.3 Å². The standard InChI is InChI=1S/C19H33NO/c1-8-14(3)12-16(9-2)20-17-13-15(19(4,5)6)10-11-18(17)21-7/h10-11,13-14,16,20H,8-9,12H2,1-7H3. The zero-order valence-corrected chi connectivity index (χ0v) is 14.9. The lowest BCUT2D eigenvalue weighted by molar-refractivity contribution is 0.413. The number of methoxy groups -OCH3 is 1. The number of hydrogen-bond donors (Lipinski definition) is 1. The van der Waals surface area contributed by atoms with Crippen LogP contribution in [0.1, 0.15) is 66.4 Å². The molecule has 0 heterocycles. The molecular weight excluding hydrogens is 258 g/mol. The average molecular weight is 291 g/mol. The van der Waals surface area contributed by atoms with Gasteiger partial charge in [-0.1, -0.05) is 54.0 Å². The van der Waals surface area contributed by atoms with Crippen LogP contribution < -0.4 is 10.1 Å². The van der Waals surface area contributed by atoms with Gasteiger partial charge in [-0.15, -0.1) is 0 Å². The monoisotopic (exact) mass is 291 g/mol. The summed E-state index contributed by atoms with van der Waals surface area (Å²) >= 11 is 0. The highest BCUT2D eigenvalue weighted by Gasteiger charge is 2.18. The second kappa shape index (κ2) is 7.72. The summed E-state index contributed by atoms with van der Waals surface area (Å²) in [5, 5.41) is 3.70. The van der Waals surface area contributed by atoms with Crippen molar-refractivity contribution in [3.8, 4) is 5.75 Å². The molecule has 0 saturated heterocycles. The Hall–Kier alpha value is -1.18. The van der Waals surface area contributed by atoms with Crippen LogP contribution in [0, 0.1) is 5.92 Å². The van der Waals surface area contributed by atoms with E-state index in [2.05, 4.69) is 65.1 Å². The quantitative estimate of drug-likeness (QED) is 0.704. The zero-order chi connectivity index (χ0) is 16.0. The summed E-state index contributed by atoms with van der Waals surface area (Å²) in [7, 11) is 1.74. The third-order valence-corrected chi connectivity index (χ3v) is 4.30. The van der Waals surface area contributed by atoms with Gasteiger partial charge in [-0.25, -0.2) is 0 Å². The summed E-state index contributed by atoms with van der Waals surface area (Å²) in [4.78, 5) is 0. The van der Waals surface area contributed by atoms with Crippen molar-refractivity contribution in [3.63, 3.8) is 0 Å². The van der Waals surface area contributed by atoms with E-state index in [1.807, 2.05) is 0 Å². The van der Waals surface area contributed by atoms with Gasteiger partial charge in [0.15, 0.2) is 0 Å². The summed E-state index contributed by atoms with van der Waals surface area (Å²) in [6, 6.07) is 7.00. The fourth-order valence-electron chi connectivity index (χ4n) is 2.49. The van der Waals surface area contributed by atoms with Crippen molar-refractivity contribution in [1.29, 1.82) is 0 Å². The first-order chi connectivity index (χ1) is 9.81. The van der Waals surface area contributed by atoms with E-state index in [0.717, 1.165) is 23.8 Å². The molecule has 0 aliphatic rings. The summed E-state index contributed by atoms with van der Waals surface area (Å²) in [6.07, 6.45) is 3.57. The Labute approximate surface area is 131 Å². The Morgan fingerprint density at radius 3 is 2.29 bits per heavy atom. The van der Waals surface area contributed by atoms with E-state index in [0.29, 0.717) is 6.04 Å². The van der Waals surface area contributed by atoms with Crippen molar-refractivity contribution in [1.82, 2.24) is 0 Å². The SMILES string of the molecule is CCC(C)CC(CC)Nc1cc(C(C)(C)C)ccc1OC. The lowest BCUT2D eigenvalue weighted by atomic mass is 9.86. The van der Waals surface area contributed by atoms with Crippen LogP contribution >= 0.6 is 0 Å². The van der Waals surface area contributed by atoms with Gasteiger partial charge in [-0.2, -0.15) is 0 Å². The van der Waals surface area contributed by atoms with Crippen molar-refractivity contribution in [2.75, 3.05) is 12.4 Å². The van der Waals surface area contributed by atoms with Crippen molar-refractivity contribution >= 4 is 5.69 Å². The van der Waals surface area contributed by atoms with Crippen molar-refractivity contribution in [2.24, 2.45) is 5.92 Å². The molecule has 0 aliphatic carbocycles. The molecule has 0 fully saturated rings. The summed E-state index contributed by atoms with van der Waals surface area (Å²) in [5.41, 5.74) is 2.62. The van der Waals surface area contributed by atoms with Gasteiger partial charge in [-0.3, -0.25) is 0 Å². The first kappa shape index (κ1) is 17.9. The normalized spacial score (nSPS) is 14.6. The van der Waals surface area contributed by atoms with Crippen molar-refractivity contribution in [3.05, 3.63) is 23.8 Å². The van der Waals surface area contributed by atoms with Crippen LogP contribution in [0.3, 0.4) is 0 Å². The van der Waals surface area contributed by atoms with Gasteiger partial charge in [0.2, 0.25) is 0 Å². The molecule has 2 atom stereocenters. The first-order valence-electron chi connectivity index (χ1n) is 8.26. The number of benzene rings is 1. The molecule has 0 radical (unpaired) electrons. The number of nitrogens with one attached hydrogen (secondary N) is 1. The zero-order valence-electron chi connectivity index (χ0n) is 14.9. The van der Waals surface area contributed by atoms with Crippen LogP contribution in [-0.2, 0) is 5.41 Å². The van der Waals surface area contributed by atoms with Gasteiger partial charge in [0.25, 0.3) is 0 Å². The summed E-state index contributed by atoms with van der Waals surface area (Å²) < 4.78 is 5.53. The van der Waals surface area contributed by atoms with E-state index < -0.39 is 0 Å². The molecule has 21 heavy (non-hydrogen) atoms. The van der Waals surface area contributed by atoms with E-state index in [4.69, 9.17) is 4.74 Å². The summed E-state index contributed by atoms with van der Waals surface area (Å²) in [5.74, 6) is 1.69. The summed E-state index contributed by atoms with van der Waals surface area (Å²) in [6.45, 7) is 13.6. The molecule has 0 amide bonds. The minimum atomic E-state index is 0.154. The average Bonchev–Trinajstić information content (AvgIpc) is 2.45. The Kier molecular flexibility index (Phi) is 6.57. The fraction of sp³-hybridized carbons (Fsp3) is 0.684. The number of hydrogen-bond acceptors (Lipinski definition) is 2. The van der Waals surface area contributed by atoms with E-state index >= 15 is 0 Å². The van der Waals surface area contributed by atoms with Gasteiger partial charge in [-0.05, 0) is 41.9 Å². The maximum atomic E-state index is 5.53. The van der Waals surface area contributed by atoms with Crippen LogP contribution in [-0.4, -0.2) is 13.2 Å². The third kappa shape index (κ3) is 5.26. The van der Waals surface area contributed by atoms with Gasteiger partial charge >= 0.3 is 0 Å². The number of rotatable bonds is 7. The lowest BCUT2D eigenvalue weighted by Gasteiger charge is -2.25. The second-order valence-electron chi connectivity index (χ2n) is 7.16. The molecule has 0 saturated carbocycles. The Morgan fingerprint density at radius 1 is 1.14 bits per heavy atom. The van der Waals surface area contributed by atoms with Crippen LogP contribution in [0.4, 0.5) is 5.69 Å². The minimum Gasteiger partial charge on any atom is -0.495 e. The van der Waals surface area contributed by atoms with E-state index in [1.165, 1.54) is 18.4 Å². The number of ether oxygens (including phenoxy) is 1. The smallest absolute Gasteiger partial charge is 0.141 e. The van der Waals surface area contributed by atoms with Crippen LogP contribution in [0.2, 0.25) is 0 Å². The second-order valence-corrected chi connectivity index (χ2v) is 7.16. The minimum absolute atomic E-state index is 0.154. The first-order valence-corrected chi connectivity index (χ1v) is 8.26. The molecule has 2 unspecified atom stereocenters. The van der Waals surface area contributed by atoms with Gasteiger partial charge in [0.05, 0.1) is 12.8 Å². The van der Waals surface area contributed by atoms with Crippen LogP contribution in [0.5, 0.6) is 5.75 Å². The molecule has 0 aromatic heterocycles. The molecule has 0 bridgehead atoms. The van der Waals surface area contributed by atoms with E-state index in [1.54, 1.807) is 7.11 Å². The molecule has 2 heteroatoms. The molecule has 1 N–H and O–H groups in total. The van der Waals surface area contributed by atoms with Gasteiger partial charge in [0.1, 0.15) is 5.75 Å². The largest absolute Gasteiger partial charge is 0.495 e. The predicted molar refractivity (Wildman–Crippen MR) is 93.5 cm³/mol. The Morgan fingerprint density at radius 2 is 1.81 bits per heavy atom. The van der Waals surface area contributed by atoms with Crippen molar-refractivity contribution < 1.29 is 4.74 Å². The molecule has 1 rings (SSSR count). The highest BCUT2D eigenvalue weighted by molar-refractivity contribution is 5.59. The molecule has 2 nitrogen and oxygen atoms in total. The Bertz CT molecular complexity index is 434.